The highest BCUT2D eigenvalue weighted by atomic mass is 79.9. The first kappa shape index (κ1) is 16.6. The van der Waals surface area contributed by atoms with Gasteiger partial charge in [-0.3, -0.25) is 4.79 Å². The highest BCUT2D eigenvalue weighted by Crippen LogP contribution is 2.28. The summed E-state index contributed by atoms with van der Waals surface area (Å²) in [6, 6.07) is 2.12. The molecular formula is C15H22BrN3OS. The van der Waals surface area contributed by atoms with E-state index < -0.39 is 0 Å². The van der Waals surface area contributed by atoms with Crippen LogP contribution in [0.1, 0.15) is 43.0 Å². The van der Waals surface area contributed by atoms with Gasteiger partial charge in [-0.15, -0.1) is 0 Å². The third kappa shape index (κ3) is 4.61. The fraction of sp³-hybridized carbons (Fsp3) is 0.600. The van der Waals surface area contributed by atoms with Crippen molar-refractivity contribution in [3.8, 4) is 0 Å². The summed E-state index contributed by atoms with van der Waals surface area (Å²) in [5.41, 5.74) is 0.616. The van der Waals surface area contributed by atoms with Crippen molar-refractivity contribution in [3.05, 3.63) is 22.3 Å². The van der Waals surface area contributed by atoms with E-state index in [1.165, 1.54) is 6.42 Å². The van der Waals surface area contributed by atoms with Gasteiger partial charge in [0.1, 0.15) is 5.82 Å². The lowest BCUT2D eigenvalue weighted by Crippen LogP contribution is -2.33. The number of thioether (sulfide) groups is 1. The quantitative estimate of drug-likeness (QED) is 0.800. The van der Waals surface area contributed by atoms with Crippen molar-refractivity contribution >= 4 is 39.4 Å². The molecule has 4 nitrogen and oxygen atoms in total. The van der Waals surface area contributed by atoms with Gasteiger partial charge in [0.25, 0.3) is 5.91 Å². The maximum atomic E-state index is 12.5. The van der Waals surface area contributed by atoms with Crippen molar-refractivity contribution in [2.75, 3.05) is 18.1 Å². The molecule has 1 fully saturated rings. The van der Waals surface area contributed by atoms with Crippen LogP contribution in [0.2, 0.25) is 0 Å². The Balaban J connectivity index is 2.05. The highest BCUT2D eigenvalue weighted by Gasteiger charge is 2.26. The highest BCUT2D eigenvalue weighted by molar-refractivity contribution is 9.10. The summed E-state index contributed by atoms with van der Waals surface area (Å²) in [5, 5.41) is 7.04. The predicted molar refractivity (Wildman–Crippen MR) is 93.1 cm³/mol. The summed E-state index contributed by atoms with van der Waals surface area (Å²) >= 11 is 5.28. The Kier molecular flexibility index (Phi) is 6.36. The zero-order valence-electron chi connectivity index (χ0n) is 12.5. The van der Waals surface area contributed by atoms with Crippen molar-refractivity contribution in [2.24, 2.45) is 0 Å². The van der Waals surface area contributed by atoms with E-state index in [0.717, 1.165) is 30.3 Å². The summed E-state index contributed by atoms with van der Waals surface area (Å²) < 4.78 is 0.822. The smallest absolute Gasteiger partial charge is 0.255 e. The second kappa shape index (κ2) is 8.03. The number of hydrogen-bond acceptors (Lipinski definition) is 4. The maximum absolute atomic E-state index is 12.5. The molecule has 1 saturated carbocycles. The molecule has 0 spiro atoms. The van der Waals surface area contributed by atoms with Crippen molar-refractivity contribution in [1.29, 1.82) is 0 Å². The van der Waals surface area contributed by atoms with Gasteiger partial charge in [-0.1, -0.05) is 6.92 Å². The Morgan fingerprint density at radius 1 is 1.52 bits per heavy atom. The minimum absolute atomic E-state index is 0.0332. The monoisotopic (exact) mass is 371 g/mol. The van der Waals surface area contributed by atoms with E-state index in [0.29, 0.717) is 16.6 Å². The molecule has 0 bridgehead atoms. The zero-order valence-corrected chi connectivity index (χ0v) is 14.9. The predicted octanol–water partition coefficient (Wildman–Crippen LogP) is 3.68. The van der Waals surface area contributed by atoms with Gasteiger partial charge in [-0.25, -0.2) is 4.98 Å². The number of amides is 1. The molecule has 0 aromatic carbocycles. The van der Waals surface area contributed by atoms with Crippen LogP contribution >= 0.6 is 27.7 Å². The Morgan fingerprint density at radius 3 is 3.00 bits per heavy atom. The maximum Gasteiger partial charge on any atom is 0.255 e. The van der Waals surface area contributed by atoms with Crippen LogP contribution in [0.25, 0.3) is 0 Å². The van der Waals surface area contributed by atoms with Gasteiger partial charge < -0.3 is 10.6 Å². The first-order valence-electron chi connectivity index (χ1n) is 7.37. The third-order valence-corrected chi connectivity index (χ3v) is 5.22. The van der Waals surface area contributed by atoms with E-state index in [-0.39, 0.29) is 11.9 Å². The number of aromatic nitrogens is 1. The van der Waals surface area contributed by atoms with Crippen LogP contribution in [0.3, 0.4) is 0 Å². The van der Waals surface area contributed by atoms with Crippen LogP contribution < -0.4 is 10.6 Å². The van der Waals surface area contributed by atoms with Gasteiger partial charge in [-0.05, 0) is 53.9 Å². The molecule has 2 atom stereocenters. The number of carbonyl (C=O) groups excluding carboxylic acids is 1. The molecular weight excluding hydrogens is 350 g/mol. The molecule has 2 N–H and O–H groups in total. The lowest BCUT2D eigenvalue weighted by atomic mass is 10.2. The molecule has 1 aromatic rings. The van der Waals surface area contributed by atoms with Crippen LogP contribution in [0.5, 0.6) is 0 Å². The number of anilines is 1. The molecule has 0 saturated heterocycles. The molecule has 1 aliphatic rings. The molecule has 2 rings (SSSR count). The molecule has 1 amide bonds. The second-order valence-corrected chi connectivity index (χ2v) is 7.37. The van der Waals surface area contributed by atoms with Crippen LogP contribution in [-0.4, -0.2) is 35.0 Å². The average molecular weight is 372 g/mol. The Morgan fingerprint density at radius 2 is 2.33 bits per heavy atom. The standard InChI is InChI=1S/C15H22BrN3OS/c1-3-6-17-14-13(7-10(16)9-18-14)15(20)19-11-4-5-12(8-11)21-2/h7,9,11-12H,3-6,8H2,1-2H3,(H,17,18)(H,19,20). The molecule has 0 radical (unpaired) electrons. The molecule has 0 aliphatic heterocycles. The minimum Gasteiger partial charge on any atom is -0.369 e. The summed E-state index contributed by atoms with van der Waals surface area (Å²) in [6.45, 7) is 2.90. The zero-order chi connectivity index (χ0) is 15.2. The number of carbonyl (C=O) groups is 1. The fourth-order valence-electron chi connectivity index (χ4n) is 2.55. The number of pyridine rings is 1. The third-order valence-electron chi connectivity index (χ3n) is 3.69. The first-order valence-corrected chi connectivity index (χ1v) is 9.45. The second-order valence-electron chi connectivity index (χ2n) is 5.32. The molecule has 1 aliphatic carbocycles. The van der Waals surface area contributed by atoms with Crippen LogP contribution in [0.15, 0.2) is 16.7 Å². The number of halogens is 1. The SMILES string of the molecule is CCCNc1ncc(Br)cc1C(=O)NC1CCC(SC)C1. The van der Waals surface area contributed by atoms with E-state index in [1.54, 1.807) is 6.20 Å². The van der Waals surface area contributed by atoms with E-state index >= 15 is 0 Å². The van der Waals surface area contributed by atoms with Gasteiger partial charge >= 0.3 is 0 Å². The van der Waals surface area contributed by atoms with Crippen LogP contribution in [0, 0.1) is 0 Å². The van der Waals surface area contributed by atoms with Crippen molar-refractivity contribution in [2.45, 2.75) is 43.9 Å². The first-order chi connectivity index (χ1) is 10.1. The van der Waals surface area contributed by atoms with E-state index in [1.807, 2.05) is 17.8 Å². The molecule has 21 heavy (non-hydrogen) atoms. The summed E-state index contributed by atoms with van der Waals surface area (Å²) in [6.07, 6.45) is 8.16. The van der Waals surface area contributed by atoms with Crippen molar-refractivity contribution < 1.29 is 4.79 Å². The van der Waals surface area contributed by atoms with Gasteiger partial charge in [0.05, 0.1) is 5.56 Å². The molecule has 116 valence electrons. The van der Waals surface area contributed by atoms with Gasteiger partial charge in [-0.2, -0.15) is 11.8 Å². The fourth-order valence-corrected chi connectivity index (χ4v) is 3.67. The summed E-state index contributed by atoms with van der Waals surface area (Å²) in [7, 11) is 0. The van der Waals surface area contributed by atoms with E-state index in [4.69, 9.17) is 0 Å². The molecule has 2 unspecified atom stereocenters. The van der Waals surface area contributed by atoms with E-state index in [2.05, 4.69) is 44.7 Å². The Hall–Kier alpha value is -0.750. The van der Waals surface area contributed by atoms with Gasteiger partial charge in [0.2, 0.25) is 0 Å². The topological polar surface area (TPSA) is 54.0 Å². The number of nitrogens with zero attached hydrogens (tertiary/aromatic N) is 1. The average Bonchev–Trinajstić information content (AvgIpc) is 2.93. The lowest BCUT2D eigenvalue weighted by molar-refractivity contribution is 0.0938. The molecule has 1 heterocycles. The van der Waals surface area contributed by atoms with Crippen LogP contribution in [-0.2, 0) is 0 Å². The number of rotatable bonds is 6. The normalized spacial score (nSPS) is 21.3. The number of nitrogens with one attached hydrogen (secondary N) is 2. The van der Waals surface area contributed by atoms with Crippen molar-refractivity contribution in [1.82, 2.24) is 10.3 Å². The number of hydrogen-bond donors (Lipinski definition) is 2. The summed E-state index contributed by atoms with van der Waals surface area (Å²) in [4.78, 5) is 16.8. The molecule has 1 aromatic heterocycles. The van der Waals surface area contributed by atoms with Crippen LogP contribution in [0.4, 0.5) is 5.82 Å². The molecule has 6 heteroatoms. The Bertz CT molecular complexity index is 498. The van der Waals surface area contributed by atoms with Crippen molar-refractivity contribution in [3.63, 3.8) is 0 Å². The van der Waals surface area contributed by atoms with Gasteiger partial charge in [0.15, 0.2) is 0 Å². The lowest BCUT2D eigenvalue weighted by Gasteiger charge is -2.15. The minimum atomic E-state index is -0.0332. The summed E-state index contributed by atoms with van der Waals surface area (Å²) in [5.74, 6) is 0.631. The van der Waals surface area contributed by atoms with Gasteiger partial charge in [0, 0.05) is 28.5 Å². The Labute approximate surface area is 139 Å². The largest absolute Gasteiger partial charge is 0.369 e. The van der Waals surface area contributed by atoms with E-state index in [9.17, 15) is 4.79 Å².